The Balaban J connectivity index is 2.98. The molecule has 0 aliphatic carbocycles. The zero-order valence-electron chi connectivity index (χ0n) is 5.56. The summed E-state index contributed by atoms with van der Waals surface area (Å²) in [6.45, 7) is 4.36. The van der Waals surface area contributed by atoms with Gasteiger partial charge in [0.1, 0.15) is 0 Å². The first-order valence-corrected chi connectivity index (χ1v) is 5.43. The van der Waals surface area contributed by atoms with Crippen LogP contribution in [0.1, 0.15) is 16.7 Å². The molecule has 0 unspecified atom stereocenters. The van der Waals surface area contributed by atoms with Gasteiger partial charge < -0.3 is 0 Å². The van der Waals surface area contributed by atoms with Crippen LogP contribution in [0.4, 0.5) is 0 Å². The second-order valence-corrected chi connectivity index (χ2v) is 6.02. The van der Waals surface area contributed by atoms with Crippen molar-refractivity contribution in [2.24, 2.45) is 0 Å². The number of hydrogen-bond acceptors (Lipinski definition) is 1. The van der Waals surface area contributed by atoms with Gasteiger partial charge in [-0.3, -0.25) is 0 Å². The summed E-state index contributed by atoms with van der Waals surface area (Å²) in [5, 5.41) is 0. The Bertz CT molecular complexity index is 225. The minimum atomic E-state index is 1.20. The van der Waals surface area contributed by atoms with Gasteiger partial charge >= 0.3 is 74.2 Å². The van der Waals surface area contributed by atoms with Crippen molar-refractivity contribution >= 4 is 14.6 Å². The van der Waals surface area contributed by atoms with Gasteiger partial charge in [0.25, 0.3) is 0 Å². The predicted molar refractivity (Wildman–Crippen MR) is 38.8 cm³/mol. The number of thiophene rings is 1. The van der Waals surface area contributed by atoms with Crippen LogP contribution in [0, 0.1) is 6.92 Å². The maximum absolute atomic E-state index is 2.21. The van der Waals surface area contributed by atoms with Crippen molar-refractivity contribution in [2.45, 2.75) is 13.8 Å². The van der Waals surface area contributed by atoms with E-state index in [1.807, 2.05) is 11.3 Å². The molecule has 0 radical (unpaired) electrons. The zero-order valence-corrected chi connectivity index (χ0v) is 9.97. The number of aryl methyl sites for hydroxylation is 1. The van der Waals surface area contributed by atoms with Crippen LogP contribution in [0.2, 0.25) is 0 Å². The molecule has 0 saturated heterocycles. The summed E-state index contributed by atoms with van der Waals surface area (Å²) in [7, 11) is 0. The quantitative estimate of drug-likeness (QED) is 0.697. The summed E-state index contributed by atoms with van der Waals surface area (Å²) in [5.74, 6) is 0. The van der Waals surface area contributed by atoms with Crippen LogP contribution in [0.3, 0.4) is 0 Å². The Morgan fingerprint density at radius 2 is 2.22 bits per heavy atom. The van der Waals surface area contributed by atoms with Gasteiger partial charge in [0.2, 0.25) is 0 Å². The SMILES string of the molecule is C[C](=[Hf+2])c1ccc(C)s1. The fourth-order valence-corrected chi connectivity index (χ4v) is 2.26. The molecular formula is C7H8HfS+2. The van der Waals surface area contributed by atoms with Gasteiger partial charge in [0.15, 0.2) is 0 Å². The van der Waals surface area contributed by atoms with Crippen molar-refractivity contribution in [2.75, 3.05) is 0 Å². The maximum atomic E-state index is 2.21. The summed E-state index contributed by atoms with van der Waals surface area (Å²) in [5.41, 5.74) is 0. The van der Waals surface area contributed by atoms with E-state index < -0.39 is 0 Å². The van der Waals surface area contributed by atoms with Gasteiger partial charge in [-0.2, -0.15) is 0 Å². The van der Waals surface area contributed by atoms with Gasteiger partial charge in [-0.15, -0.1) is 0 Å². The van der Waals surface area contributed by atoms with Crippen molar-refractivity contribution < 1.29 is 23.9 Å². The van der Waals surface area contributed by atoms with E-state index in [1.165, 1.54) is 33.6 Å². The van der Waals surface area contributed by atoms with Crippen LogP contribution in [0.25, 0.3) is 0 Å². The molecule has 44 valence electrons. The zero-order chi connectivity index (χ0) is 6.85. The fourth-order valence-electron chi connectivity index (χ4n) is 0.636. The first-order valence-electron chi connectivity index (χ1n) is 2.82. The first-order chi connectivity index (χ1) is 4.20. The summed E-state index contributed by atoms with van der Waals surface area (Å²) in [6.07, 6.45) is 0. The third-order valence-electron chi connectivity index (χ3n) is 1.11. The topological polar surface area (TPSA) is 0 Å². The van der Waals surface area contributed by atoms with Gasteiger partial charge in [0.05, 0.1) is 0 Å². The van der Waals surface area contributed by atoms with E-state index in [4.69, 9.17) is 0 Å². The van der Waals surface area contributed by atoms with E-state index in [1.54, 1.807) is 3.26 Å². The molecule has 1 heterocycles. The second-order valence-electron chi connectivity index (χ2n) is 2.04. The van der Waals surface area contributed by atoms with Crippen molar-refractivity contribution in [3.8, 4) is 0 Å². The normalized spacial score (nSPS) is 9.78. The van der Waals surface area contributed by atoms with Crippen LogP contribution in [0.15, 0.2) is 12.1 Å². The Morgan fingerprint density at radius 3 is 2.44 bits per heavy atom. The number of rotatable bonds is 1. The molecule has 2 heteroatoms. The molecule has 0 saturated carbocycles. The summed E-state index contributed by atoms with van der Waals surface area (Å²) in [4.78, 5) is 2.89. The molecule has 1 aromatic rings. The van der Waals surface area contributed by atoms with E-state index in [0.717, 1.165) is 0 Å². The Kier molecular flexibility index (Phi) is 2.53. The minimum absolute atomic E-state index is 1.20. The standard InChI is InChI=1S/C7H8S.Hf/c1-3-7-5-4-6(2)8-7;/h4-5H,1-2H3;/q;+2. The van der Waals surface area contributed by atoms with Crippen LogP contribution < -0.4 is 0 Å². The van der Waals surface area contributed by atoms with Crippen LogP contribution >= 0.6 is 11.3 Å². The molecule has 9 heavy (non-hydrogen) atoms. The molecule has 0 amide bonds. The van der Waals surface area contributed by atoms with E-state index in [-0.39, 0.29) is 0 Å². The van der Waals surface area contributed by atoms with E-state index >= 15 is 0 Å². The van der Waals surface area contributed by atoms with Crippen molar-refractivity contribution in [3.05, 3.63) is 21.9 Å². The molecule has 0 aliphatic heterocycles. The van der Waals surface area contributed by atoms with E-state index in [0.29, 0.717) is 0 Å². The van der Waals surface area contributed by atoms with Crippen LogP contribution in [-0.2, 0) is 23.9 Å². The molecular weight excluding hydrogens is 295 g/mol. The third kappa shape index (κ3) is 1.94. The molecule has 0 fully saturated rings. The van der Waals surface area contributed by atoms with E-state index in [2.05, 4.69) is 26.0 Å². The fraction of sp³-hybridized carbons (Fsp3) is 0.286. The van der Waals surface area contributed by atoms with Crippen LogP contribution in [-0.4, -0.2) is 3.26 Å². The van der Waals surface area contributed by atoms with Crippen molar-refractivity contribution in [1.82, 2.24) is 0 Å². The first kappa shape index (κ1) is 7.55. The Hall–Kier alpha value is 0.440. The van der Waals surface area contributed by atoms with Gasteiger partial charge in [0, 0.05) is 0 Å². The van der Waals surface area contributed by atoms with Gasteiger partial charge in [-0.25, -0.2) is 0 Å². The Labute approximate surface area is 74.0 Å². The molecule has 0 bridgehead atoms. The van der Waals surface area contributed by atoms with Crippen molar-refractivity contribution in [3.63, 3.8) is 0 Å². The molecule has 0 N–H and O–H groups in total. The second kappa shape index (κ2) is 3.02. The molecule has 0 atom stereocenters. The monoisotopic (exact) mass is 304 g/mol. The molecule has 0 aromatic carbocycles. The average molecular weight is 303 g/mol. The van der Waals surface area contributed by atoms with Gasteiger partial charge in [-0.1, -0.05) is 0 Å². The van der Waals surface area contributed by atoms with Crippen molar-refractivity contribution in [1.29, 1.82) is 0 Å². The average Bonchev–Trinajstić information content (AvgIpc) is 2.14. The molecule has 0 nitrogen and oxygen atoms in total. The number of hydrogen-bond donors (Lipinski definition) is 0. The summed E-state index contributed by atoms with van der Waals surface area (Å²) < 4.78 is 1.55. The molecule has 0 spiro atoms. The molecule has 0 aliphatic rings. The third-order valence-corrected chi connectivity index (χ3v) is 3.85. The van der Waals surface area contributed by atoms with E-state index in [9.17, 15) is 0 Å². The molecule has 1 rings (SSSR count). The Morgan fingerprint density at radius 1 is 1.56 bits per heavy atom. The molecule has 1 aromatic heterocycles. The summed E-state index contributed by atoms with van der Waals surface area (Å²) >= 11 is 3.09. The predicted octanol–water partition coefficient (Wildman–Crippen LogP) is 2.14. The van der Waals surface area contributed by atoms with Gasteiger partial charge in [-0.05, 0) is 0 Å². The summed E-state index contributed by atoms with van der Waals surface area (Å²) in [6, 6.07) is 4.39. The van der Waals surface area contributed by atoms with Crippen LogP contribution in [0.5, 0.6) is 0 Å².